The van der Waals surface area contributed by atoms with Crippen LogP contribution in [0.2, 0.25) is 0 Å². The van der Waals surface area contributed by atoms with E-state index in [1.54, 1.807) is 0 Å². The van der Waals surface area contributed by atoms with Crippen molar-refractivity contribution in [3.63, 3.8) is 0 Å². The topological polar surface area (TPSA) is 30.7 Å². The maximum atomic E-state index is 5.45. The number of nitrogens with zero attached hydrogens (tertiary/aromatic N) is 3. The van der Waals surface area contributed by atoms with Gasteiger partial charge in [-0.1, -0.05) is 121 Å². The average molecular weight is 590 g/mol. The summed E-state index contributed by atoms with van der Waals surface area (Å²) in [6, 6.07) is 47.8. The molecule has 0 aliphatic rings. The van der Waals surface area contributed by atoms with Gasteiger partial charge in [-0.25, -0.2) is 9.97 Å². The first-order chi connectivity index (χ1) is 22.3. The molecule has 0 spiro atoms. The van der Waals surface area contributed by atoms with Gasteiger partial charge in [-0.05, 0) is 45.3 Å². The molecule has 10 aromatic rings. The minimum atomic E-state index is 0.691. The molecular weight excluding hydrogens is 565 g/mol. The highest BCUT2D eigenvalue weighted by Gasteiger charge is 2.24. The van der Waals surface area contributed by atoms with Crippen LogP contribution in [-0.2, 0) is 0 Å². The molecule has 0 aliphatic heterocycles. The molecule has 3 nitrogen and oxygen atoms in total. The fraction of sp³-hybridized carbons (Fsp3) is 0. The van der Waals surface area contributed by atoms with Crippen LogP contribution in [0.15, 0.2) is 133 Å². The molecule has 10 rings (SSSR count). The Bertz CT molecular complexity index is 2850. The average Bonchev–Trinajstić information content (AvgIpc) is 3.65. The molecule has 7 aromatic carbocycles. The number of aromatic nitrogens is 3. The quantitative estimate of drug-likeness (QED) is 0.188. The van der Waals surface area contributed by atoms with Crippen molar-refractivity contribution in [2.75, 3.05) is 0 Å². The molecule has 45 heavy (non-hydrogen) atoms. The van der Waals surface area contributed by atoms with Gasteiger partial charge in [0.15, 0.2) is 0 Å². The molecule has 0 saturated heterocycles. The Morgan fingerprint density at radius 1 is 0.533 bits per heavy atom. The van der Waals surface area contributed by atoms with E-state index >= 15 is 0 Å². The highest BCUT2D eigenvalue weighted by Crippen LogP contribution is 2.49. The van der Waals surface area contributed by atoms with E-state index in [4.69, 9.17) is 9.97 Å². The lowest BCUT2D eigenvalue weighted by atomic mass is 9.88. The van der Waals surface area contributed by atoms with E-state index in [9.17, 15) is 0 Å². The van der Waals surface area contributed by atoms with Crippen molar-refractivity contribution in [1.82, 2.24) is 14.5 Å². The van der Waals surface area contributed by atoms with E-state index in [0.29, 0.717) is 5.95 Å². The Balaban J connectivity index is 1.49. The van der Waals surface area contributed by atoms with Crippen LogP contribution in [0.25, 0.3) is 91.6 Å². The number of rotatable bonds is 2. The third-order valence-corrected chi connectivity index (χ3v) is 10.5. The van der Waals surface area contributed by atoms with Crippen LogP contribution in [0.4, 0.5) is 0 Å². The smallest absolute Gasteiger partial charge is 0.235 e. The van der Waals surface area contributed by atoms with Crippen molar-refractivity contribution in [3.05, 3.63) is 133 Å². The zero-order valence-corrected chi connectivity index (χ0v) is 25.3. The van der Waals surface area contributed by atoms with Gasteiger partial charge in [-0.2, -0.15) is 0 Å². The zero-order valence-electron chi connectivity index (χ0n) is 24.5. The first-order valence-corrected chi connectivity index (χ1v) is 16.1. The molecule has 5 heteroatoms. The monoisotopic (exact) mass is 589 g/mol. The van der Waals surface area contributed by atoms with Gasteiger partial charge in [0.05, 0.1) is 26.9 Å². The Morgan fingerprint density at radius 3 is 2.04 bits per heavy atom. The van der Waals surface area contributed by atoms with E-state index in [-0.39, 0.29) is 0 Å². The van der Waals surface area contributed by atoms with Gasteiger partial charge in [-0.15, -0.1) is 11.3 Å². The van der Waals surface area contributed by atoms with E-state index in [0.717, 1.165) is 27.7 Å². The molecule has 0 atom stereocenters. The maximum absolute atomic E-state index is 5.45. The minimum Gasteiger partial charge on any atom is -0.276 e. The maximum Gasteiger partial charge on any atom is 0.235 e. The molecule has 0 amide bonds. The molecule has 3 heterocycles. The summed E-state index contributed by atoms with van der Waals surface area (Å²) in [6.07, 6.45) is 0. The number of hydrogen-bond donors (Lipinski definition) is 0. The fourth-order valence-corrected chi connectivity index (χ4v) is 8.61. The van der Waals surface area contributed by atoms with Crippen LogP contribution in [-0.4, -0.2) is 22.4 Å². The lowest BCUT2D eigenvalue weighted by molar-refractivity contribution is 1.02. The molecule has 0 radical (unpaired) electrons. The second kappa shape index (κ2) is 9.24. The van der Waals surface area contributed by atoms with Gasteiger partial charge in [-0.3, -0.25) is 4.57 Å². The second-order valence-electron chi connectivity index (χ2n) is 11.8. The Hall–Kier alpha value is -5.52. The number of hydrogen-bond acceptors (Lipinski definition) is 3. The van der Waals surface area contributed by atoms with Crippen LogP contribution < -0.4 is 5.46 Å². The predicted molar refractivity (Wildman–Crippen MR) is 195 cm³/mol. The van der Waals surface area contributed by atoms with Gasteiger partial charge in [0.2, 0.25) is 5.95 Å². The second-order valence-corrected chi connectivity index (χ2v) is 12.8. The van der Waals surface area contributed by atoms with Gasteiger partial charge in [0.1, 0.15) is 7.85 Å². The van der Waals surface area contributed by atoms with Crippen molar-refractivity contribution < 1.29 is 0 Å². The highest BCUT2D eigenvalue weighted by atomic mass is 32.1. The largest absolute Gasteiger partial charge is 0.276 e. The lowest BCUT2D eigenvalue weighted by Crippen LogP contribution is -2.09. The standard InChI is InChI=1S/C40H24BN3S/c41-30-18-8-5-15-27(30)37-28-16-6-9-19-31(28)42-40(43-37)44-32-22-21-23-11-1-2-12-24(23)35(32)36-26-14-4-3-13-25(26)34-29-17-7-10-20-33(29)45-39(34)38(36)44/h1-22H,41H2. The van der Waals surface area contributed by atoms with Gasteiger partial charge < -0.3 is 0 Å². The molecule has 208 valence electrons. The fourth-order valence-electron chi connectivity index (χ4n) is 7.35. The summed E-state index contributed by atoms with van der Waals surface area (Å²) in [4.78, 5) is 10.8. The van der Waals surface area contributed by atoms with Crippen molar-refractivity contribution in [3.8, 4) is 17.2 Å². The van der Waals surface area contributed by atoms with E-state index in [2.05, 4.69) is 146 Å². The summed E-state index contributed by atoms with van der Waals surface area (Å²) in [6.45, 7) is 0. The Morgan fingerprint density at radius 2 is 1.20 bits per heavy atom. The number of para-hydroxylation sites is 1. The molecule has 0 aliphatic carbocycles. The summed E-state index contributed by atoms with van der Waals surface area (Å²) in [5.74, 6) is 0.691. The van der Waals surface area contributed by atoms with Crippen LogP contribution in [0.3, 0.4) is 0 Å². The van der Waals surface area contributed by atoms with E-state index in [1.165, 1.54) is 63.5 Å². The van der Waals surface area contributed by atoms with Gasteiger partial charge >= 0.3 is 0 Å². The first-order valence-electron chi connectivity index (χ1n) is 15.3. The summed E-state index contributed by atoms with van der Waals surface area (Å²) in [5.41, 5.74) is 6.49. The molecule has 0 saturated carbocycles. The van der Waals surface area contributed by atoms with Crippen molar-refractivity contribution in [2.45, 2.75) is 0 Å². The molecule has 0 bridgehead atoms. The molecular formula is C40H24BN3S. The normalized spacial score (nSPS) is 12.1. The minimum absolute atomic E-state index is 0.691. The third-order valence-electron chi connectivity index (χ3n) is 9.33. The first kappa shape index (κ1) is 24.9. The number of thiophene rings is 1. The Kier molecular flexibility index (Phi) is 5.11. The molecule has 0 unspecified atom stereocenters. The van der Waals surface area contributed by atoms with Crippen LogP contribution in [0.1, 0.15) is 0 Å². The van der Waals surface area contributed by atoms with Crippen molar-refractivity contribution >= 4 is 99.1 Å². The predicted octanol–water partition coefficient (Wildman–Crippen LogP) is 9.33. The van der Waals surface area contributed by atoms with E-state index < -0.39 is 0 Å². The summed E-state index contributed by atoms with van der Waals surface area (Å²) in [7, 11) is 2.16. The summed E-state index contributed by atoms with van der Waals surface area (Å²) in [5, 5.41) is 11.1. The van der Waals surface area contributed by atoms with E-state index in [1.807, 2.05) is 11.3 Å². The summed E-state index contributed by atoms with van der Waals surface area (Å²) >= 11 is 1.87. The summed E-state index contributed by atoms with van der Waals surface area (Å²) < 4.78 is 4.89. The molecule has 0 N–H and O–H groups in total. The lowest BCUT2D eigenvalue weighted by Gasteiger charge is -2.13. The third kappa shape index (κ3) is 3.41. The van der Waals surface area contributed by atoms with Crippen LogP contribution >= 0.6 is 11.3 Å². The van der Waals surface area contributed by atoms with Crippen molar-refractivity contribution in [2.24, 2.45) is 0 Å². The Labute approximate surface area is 263 Å². The SMILES string of the molecule is Bc1ccccc1-c1nc(-n2c3ccc4ccccc4c3c3c4ccccc4c4c5ccccc5sc4c32)nc2ccccc12. The van der Waals surface area contributed by atoms with Gasteiger partial charge in [0, 0.05) is 31.6 Å². The van der Waals surface area contributed by atoms with Crippen LogP contribution in [0.5, 0.6) is 0 Å². The van der Waals surface area contributed by atoms with Crippen LogP contribution in [0, 0.1) is 0 Å². The number of benzene rings is 7. The van der Waals surface area contributed by atoms with Gasteiger partial charge in [0.25, 0.3) is 0 Å². The highest BCUT2D eigenvalue weighted by molar-refractivity contribution is 7.27. The van der Waals surface area contributed by atoms with Crippen molar-refractivity contribution in [1.29, 1.82) is 0 Å². The zero-order chi connectivity index (χ0) is 29.6. The molecule has 0 fully saturated rings. The number of fused-ring (bicyclic) bond motifs is 13. The molecule has 3 aromatic heterocycles.